The molecule has 146 valence electrons. The van der Waals surface area contributed by atoms with Crippen LogP contribution in [0.1, 0.15) is 29.6 Å². The molecule has 1 aliphatic heterocycles. The maximum absolute atomic E-state index is 12.8. The van der Waals surface area contributed by atoms with Crippen molar-refractivity contribution in [2.75, 3.05) is 25.5 Å². The second-order valence-electron chi connectivity index (χ2n) is 7.11. The molecular weight excluding hydrogens is 356 g/mol. The Hall–Kier alpha value is -3.00. The molecule has 4 rings (SSSR count). The third-order valence-corrected chi connectivity index (χ3v) is 5.00. The molecule has 2 aromatic heterocycles. The number of nitrogens with zero attached hydrogens (tertiary/aromatic N) is 5. The predicted molar refractivity (Wildman–Crippen MR) is 107 cm³/mol. The van der Waals surface area contributed by atoms with Crippen molar-refractivity contribution in [2.45, 2.75) is 25.4 Å². The molecule has 3 aromatic rings. The van der Waals surface area contributed by atoms with Crippen LogP contribution in [0.2, 0.25) is 0 Å². The van der Waals surface area contributed by atoms with Crippen molar-refractivity contribution in [2.24, 2.45) is 7.05 Å². The number of hydrogen-bond donors (Lipinski definition) is 1. The molecule has 1 amide bonds. The number of benzene rings is 1. The first-order chi connectivity index (χ1) is 13.6. The van der Waals surface area contributed by atoms with Crippen molar-refractivity contribution in [3.63, 3.8) is 0 Å². The summed E-state index contributed by atoms with van der Waals surface area (Å²) in [7, 11) is 3.66. The molecule has 3 heterocycles. The summed E-state index contributed by atoms with van der Waals surface area (Å²) in [6.07, 6.45) is 6.63. The lowest BCUT2D eigenvalue weighted by Gasteiger charge is -2.27. The van der Waals surface area contributed by atoms with Gasteiger partial charge in [-0.25, -0.2) is 9.97 Å². The molecule has 1 aromatic carbocycles. The van der Waals surface area contributed by atoms with E-state index in [1.807, 2.05) is 38.4 Å². The van der Waals surface area contributed by atoms with Crippen LogP contribution in [0.25, 0.3) is 11.0 Å². The summed E-state index contributed by atoms with van der Waals surface area (Å²) in [4.78, 5) is 23.1. The first kappa shape index (κ1) is 18.4. The highest BCUT2D eigenvalue weighted by atomic mass is 16.5. The molecule has 1 fully saturated rings. The van der Waals surface area contributed by atoms with Gasteiger partial charge in [-0.2, -0.15) is 5.10 Å². The van der Waals surface area contributed by atoms with Gasteiger partial charge in [-0.3, -0.25) is 9.48 Å². The highest BCUT2D eigenvalue weighted by Gasteiger charge is 2.20. The number of carbonyl (C=O) groups excluding carboxylic acids is 1. The maximum Gasteiger partial charge on any atom is 0.253 e. The molecule has 1 aliphatic rings. The van der Waals surface area contributed by atoms with Gasteiger partial charge >= 0.3 is 0 Å². The van der Waals surface area contributed by atoms with E-state index in [-0.39, 0.29) is 12.0 Å². The maximum atomic E-state index is 12.8. The zero-order chi connectivity index (χ0) is 19.5. The van der Waals surface area contributed by atoms with Gasteiger partial charge in [0.25, 0.3) is 5.91 Å². The molecule has 8 nitrogen and oxygen atoms in total. The van der Waals surface area contributed by atoms with Gasteiger partial charge in [-0.05, 0) is 37.5 Å². The van der Waals surface area contributed by atoms with Crippen LogP contribution in [-0.4, -0.2) is 56.9 Å². The third kappa shape index (κ3) is 3.82. The van der Waals surface area contributed by atoms with Crippen LogP contribution >= 0.6 is 0 Å². The molecule has 0 aliphatic carbocycles. The van der Waals surface area contributed by atoms with E-state index in [4.69, 9.17) is 4.74 Å². The average Bonchev–Trinajstić information content (AvgIpc) is 3.10. The van der Waals surface area contributed by atoms with Crippen LogP contribution in [0.5, 0.6) is 0 Å². The fourth-order valence-corrected chi connectivity index (χ4v) is 3.49. The van der Waals surface area contributed by atoms with E-state index in [1.165, 1.54) is 6.33 Å². The van der Waals surface area contributed by atoms with Gasteiger partial charge in [0.15, 0.2) is 5.65 Å². The van der Waals surface area contributed by atoms with Crippen LogP contribution in [0, 0.1) is 0 Å². The topological polar surface area (TPSA) is 85.2 Å². The number of aryl methyl sites for hydroxylation is 1. The lowest BCUT2D eigenvalue weighted by molar-refractivity contribution is -0.000185. The highest BCUT2D eigenvalue weighted by Crippen LogP contribution is 2.23. The first-order valence-corrected chi connectivity index (χ1v) is 9.48. The minimum absolute atomic E-state index is 0.0213. The lowest BCUT2D eigenvalue weighted by atomic mass is 10.1. The van der Waals surface area contributed by atoms with Gasteiger partial charge in [0.05, 0.1) is 17.7 Å². The zero-order valence-corrected chi connectivity index (χ0v) is 16.1. The van der Waals surface area contributed by atoms with E-state index >= 15 is 0 Å². The Balaban J connectivity index is 1.49. The molecule has 1 atom stereocenters. The molecule has 1 saturated heterocycles. The summed E-state index contributed by atoms with van der Waals surface area (Å²) in [6, 6.07) is 7.43. The Labute approximate surface area is 163 Å². The second-order valence-corrected chi connectivity index (χ2v) is 7.11. The average molecular weight is 380 g/mol. The van der Waals surface area contributed by atoms with Crippen molar-refractivity contribution >= 4 is 28.4 Å². The lowest BCUT2D eigenvalue weighted by Crippen LogP contribution is -2.37. The molecule has 8 heteroatoms. The number of nitrogens with one attached hydrogen (secondary N) is 1. The Morgan fingerprint density at radius 2 is 2.25 bits per heavy atom. The summed E-state index contributed by atoms with van der Waals surface area (Å²) in [5, 5.41) is 8.33. The number of likely N-dealkylation sites (N-methyl/N-ethyl adjacent to an activating group) is 1. The van der Waals surface area contributed by atoms with E-state index in [0.29, 0.717) is 17.9 Å². The predicted octanol–water partition coefficient (Wildman–Crippen LogP) is 2.75. The van der Waals surface area contributed by atoms with E-state index < -0.39 is 0 Å². The summed E-state index contributed by atoms with van der Waals surface area (Å²) < 4.78 is 7.45. The van der Waals surface area contributed by atoms with Crippen molar-refractivity contribution in [3.8, 4) is 0 Å². The van der Waals surface area contributed by atoms with Crippen molar-refractivity contribution in [1.29, 1.82) is 0 Å². The molecule has 28 heavy (non-hydrogen) atoms. The normalized spacial score (nSPS) is 16.9. The smallest absolute Gasteiger partial charge is 0.253 e. The quantitative estimate of drug-likeness (QED) is 0.733. The number of rotatable bonds is 5. The van der Waals surface area contributed by atoms with E-state index in [9.17, 15) is 4.79 Å². The van der Waals surface area contributed by atoms with Crippen molar-refractivity contribution in [1.82, 2.24) is 24.6 Å². The number of aromatic nitrogens is 4. The van der Waals surface area contributed by atoms with Crippen molar-refractivity contribution < 1.29 is 9.53 Å². The number of anilines is 2. The number of fused-ring (bicyclic) bond motifs is 1. The van der Waals surface area contributed by atoms with Crippen LogP contribution in [0.4, 0.5) is 11.5 Å². The number of hydrogen-bond acceptors (Lipinski definition) is 6. The van der Waals surface area contributed by atoms with Gasteiger partial charge in [-0.1, -0.05) is 6.07 Å². The van der Waals surface area contributed by atoms with Crippen LogP contribution < -0.4 is 5.32 Å². The molecule has 0 saturated carbocycles. The SMILES string of the molecule is CN(CC1CCCCO1)C(=O)c1cccc(Nc2ncnc3c2cnn3C)c1. The fraction of sp³-hybridized carbons (Fsp3) is 0.400. The molecule has 1 N–H and O–H groups in total. The Morgan fingerprint density at radius 3 is 3.07 bits per heavy atom. The Bertz CT molecular complexity index is 980. The summed E-state index contributed by atoms with van der Waals surface area (Å²) in [6.45, 7) is 1.40. The van der Waals surface area contributed by atoms with Crippen molar-refractivity contribution in [3.05, 3.63) is 42.4 Å². The largest absolute Gasteiger partial charge is 0.376 e. The molecular formula is C20H24N6O2. The van der Waals surface area contributed by atoms with Gasteiger partial charge in [0, 0.05) is 38.5 Å². The van der Waals surface area contributed by atoms with Crippen LogP contribution in [0.3, 0.4) is 0 Å². The van der Waals surface area contributed by atoms with Gasteiger partial charge < -0.3 is 15.0 Å². The van der Waals surface area contributed by atoms with Crippen LogP contribution in [-0.2, 0) is 11.8 Å². The summed E-state index contributed by atoms with van der Waals surface area (Å²) in [5.41, 5.74) is 2.16. The van der Waals surface area contributed by atoms with Gasteiger partial charge in [-0.15, -0.1) is 0 Å². The Morgan fingerprint density at radius 1 is 1.36 bits per heavy atom. The van der Waals surface area contributed by atoms with Crippen LogP contribution in [0.15, 0.2) is 36.8 Å². The number of carbonyl (C=O) groups is 1. The number of ether oxygens (including phenoxy) is 1. The third-order valence-electron chi connectivity index (χ3n) is 5.00. The first-order valence-electron chi connectivity index (χ1n) is 9.48. The minimum atomic E-state index is -0.0213. The van der Waals surface area contributed by atoms with E-state index in [2.05, 4.69) is 20.4 Å². The summed E-state index contributed by atoms with van der Waals surface area (Å²) in [5.74, 6) is 0.638. The highest BCUT2D eigenvalue weighted by molar-refractivity contribution is 5.95. The van der Waals surface area contributed by atoms with Gasteiger partial charge in [0.1, 0.15) is 12.1 Å². The Kier molecular flexibility index (Phi) is 5.21. The van der Waals surface area contributed by atoms with Gasteiger partial charge in [0.2, 0.25) is 0 Å². The monoisotopic (exact) mass is 380 g/mol. The van der Waals surface area contributed by atoms with E-state index in [0.717, 1.165) is 42.6 Å². The minimum Gasteiger partial charge on any atom is -0.376 e. The zero-order valence-electron chi connectivity index (χ0n) is 16.1. The second kappa shape index (κ2) is 7.93. The fourth-order valence-electron chi connectivity index (χ4n) is 3.49. The molecule has 0 bridgehead atoms. The molecule has 0 spiro atoms. The summed E-state index contributed by atoms with van der Waals surface area (Å²) >= 11 is 0. The standard InChI is InChI=1S/C20H24N6O2/c1-25(12-16-8-3-4-9-28-16)20(27)14-6-5-7-15(10-14)24-18-17-11-23-26(2)19(17)22-13-21-18/h5-7,10-11,13,16H,3-4,8-9,12H2,1-2H3,(H,21,22,24). The molecule has 0 radical (unpaired) electrons. The number of amides is 1. The molecule has 1 unspecified atom stereocenters. The van der Waals surface area contributed by atoms with E-state index in [1.54, 1.807) is 15.8 Å².